The van der Waals surface area contributed by atoms with Crippen LogP contribution in [0.15, 0.2) is 72.0 Å². The van der Waals surface area contributed by atoms with Crippen molar-refractivity contribution in [2.75, 3.05) is 23.9 Å². The Morgan fingerprint density at radius 1 is 1.19 bits per heavy atom. The number of hydrogen-bond acceptors (Lipinski definition) is 7. The molecule has 2 aliphatic rings. The molecule has 0 radical (unpaired) electrons. The number of anilines is 2. The van der Waals surface area contributed by atoms with Crippen molar-refractivity contribution in [3.63, 3.8) is 0 Å². The van der Waals surface area contributed by atoms with Crippen molar-refractivity contribution in [1.82, 2.24) is 9.97 Å². The second kappa shape index (κ2) is 8.22. The van der Waals surface area contributed by atoms with Crippen molar-refractivity contribution in [3.05, 3.63) is 72.8 Å². The third-order valence-corrected chi connectivity index (χ3v) is 5.51. The molecule has 1 aromatic heterocycles. The van der Waals surface area contributed by atoms with Crippen molar-refractivity contribution in [1.29, 1.82) is 0 Å². The van der Waals surface area contributed by atoms with E-state index < -0.39 is 0 Å². The summed E-state index contributed by atoms with van der Waals surface area (Å²) in [5.74, 6) is 0.342. The van der Waals surface area contributed by atoms with Crippen LogP contribution in [0.1, 0.15) is 0 Å². The SMILES string of the molecule is COC(=O)CNc1ccc2nc(-c3ccccc3F)nc(N3C=CC4C=NC=CC43)c2c1. The summed E-state index contributed by atoms with van der Waals surface area (Å²) < 4.78 is 19.2. The van der Waals surface area contributed by atoms with Gasteiger partial charge in [0.15, 0.2) is 5.82 Å². The Labute approximate surface area is 184 Å². The Bertz CT molecular complexity index is 1290. The maximum atomic E-state index is 14.5. The maximum absolute atomic E-state index is 14.5. The zero-order valence-corrected chi connectivity index (χ0v) is 17.3. The highest BCUT2D eigenvalue weighted by Crippen LogP contribution is 2.35. The third kappa shape index (κ3) is 3.60. The Hall–Kier alpha value is -4.07. The summed E-state index contributed by atoms with van der Waals surface area (Å²) in [5, 5.41) is 3.83. The number of methoxy groups -OCH3 is 1. The van der Waals surface area contributed by atoms with Gasteiger partial charge in [-0.3, -0.25) is 9.79 Å². The van der Waals surface area contributed by atoms with Crippen molar-refractivity contribution in [3.8, 4) is 11.4 Å². The largest absolute Gasteiger partial charge is 0.468 e. The lowest BCUT2D eigenvalue weighted by Gasteiger charge is -2.27. The van der Waals surface area contributed by atoms with Crippen LogP contribution in [0.25, 0.3) is 22.3 Å². The van der Waals surface area contributed by atoms with Crippen LogP contribution in [0.2, 0.25) is 0 Å². The van der Waals surface area contributed by atoms with Crippen LogP contribution in [0.4, 0.5) is 15.9 Å². The zero-order chi connectivity index (χ0) is 22.1. The number of rotatable bonds is 5. The molecule has 2 atom stereocenters. The van der Waals surface area contributed by atoms with Crippen LogP contribution in [0.5, 0.6) is 0 Å². The number of benzene rings is 2. The van der Waals surface area contributed by atoms with E-state index in [0.717, 1.165) is 11.1 Å². The molecule has 8 heteroatoms. The number of nitrogens with one attached hydrogen (secondary N) is 1. The molecule has 3 heterocycles. The molecule has 7 nitrogen and oxygen atoms in total. The van der Waals surface area contributed by atoms with Crippen molar-refractivity contribution in [2.24, 2.45) is 10.9 Å². The molecule has 160 valence electrons. The molecular weight excluding hydrogens is 409 g/mol. The molecule has 3 aromatic rings. The number of aliphatic imine (C=N–C) groups is 1. The summed E-state index contributed by atoms with van der Waals surface area (Å²) in [7, 11) is 1.34. The average Bonchev–Trinajstić information content (AvgIpc) is 3.26. The molecule has 2 aromatic carbocycles. The monoisotopic (exact) mass is 429 g/mol. The quantitative estimate of drug-likeness (QED) is 0.619. The fourth-order valence-corrected chi connectivity index (χ4v) is 3.88. The van der Waals surface area contributed by atoms with Gasteiger partial charge in [-0.15, -0.1) is 0 Å². The van der Waals surface area contributed by atoms with Gasteiger partial charge in [-0.1, -0.05) is 18.2 Å². The lowest BCUT2D eigenvalue weighted by molar-refractivity contribution is -0.138. The number of carbonyl (C=O) groups excluding carboxylic acids is 1. The summed E-state index contributed by atoms with van der Waals surface area (Å²) in [4.78, 5) is 27.2. The molecule has 0 aliphatic carbocycles. The summed E-state index contributed by atoms with van der Waals surface area (Å²) in [5.41, 5.74) is 1.73. The van der Waals surface area contributed by atoms with Crippen LogP contribution in [-0.4, -0.2) is 41.8 Å². The molecule has 1 N–H and O–H groups in total. The van der Waals surface area contributed by atoms with Crippen LogP contribution >= 0.6 is 0 Å². The van der Waals surface area contributed by atoms with Gasteiger partial charge < -0.3 is 15.0 Å². The summed E-state index contributed by atoms with van der Waals surface area (Å²) >= 11 is 0. The molecule has 0 bridgehead atoms. The molecule has 0 spiro atoms. The molecule has 0 saturated heterocycles. The van der Waals surface area contributed by atoms with Gasteiger partial charge in [0.05, 0.1) is 24.2 Å². The fraction of sp³-hybridized carbons (Fsp3) is 0.167. The maximum Gasteiger partial charge on any atom is 0.325 e. The lowest BCUT2D eigenvalue weighted by atomic mass is 10.0. The minimum absolute atomic E-state index is 0.0192. The smallest absolute Gasteiger partial charge is 0.325 e. The van der Waals surface area contributed by atoms with E-state index in [-0.39, 0.29) is 30.3 Å². The molecule has 0 fully saturated rings. The first-order chi connectivity index (χ1) is 15.6. The van der Waals surface area contributed by atoms with Gasteiger partial charge >= 0.3 is 5.97 Å². The van der Waals surface area contributed by atoms with Crippen LogP contribution < -0.4 is 10.2 Å². The number of esters is 1. The minimum atomic E-state index is -0.381. The highest BCUT2D eigenvalue weighted by molar-refractivity contribution is 5.95. The van der Waals surface area contributed by atoms with Crippen LogP contribution in [0.3, 0.4) is 0 Å². The van der Waals surface area contributed by atoms with E-state index in [2.05, 4.69) is 21.4 Å². The molecule has 2 aliphatic heterocycles. The highest BCUT2D eigenvalue weighted by Gasteiger charge is 2.31. The van der Waals surface area contributed by atoms with E-state index in [0.29, 0.717) is 22.7 Å². The predicted octanol–water partition coefficient (Wildman–Crippen LogP) is 3.94. The Kier molecular flexibility index (Phi) is 5.10. The molecule has 0 amide bonds. The number of hydrogen-bond donors (Lipinski definition) is 1. The first-order valence-corrected chi connectivity index (χ1v) is 10.2. The van der Waals surface area contributed by atoms with Crippen molar-refractivity contribution < 1.29 is 13.9 Å². The average molecular weight is 429 g/mol. The first-order valence-electron chi connectivity index (χ1n) is 10.2. The number of halogens is 1. The van der Waals surface area contributed by atoms with Crippen LogP contribution in [0, 0.1) is 11.7 Å². The summed E-state index contributed by atoms with van der Waals surface area (Å²) in [6.45, 7) is 0.0407. The highest BCUT2D eigenvalue weighted by atomic mass is 19.1. The van der Waals surface area contributed by atoms with E-state index in [1.54, 1.807) is 24.4 Å². The molecule has 5 rings (SSSR count). The molecule has 0 saturated carbocycles. The third-order valence-electron chi connectivity index (χ3n) is 5.51. The summed E-state index contributed by atoms with van der Waals surface area (Å²) in [6.07, 6.45) is 9.71. The lowest BCUT2D eigenvalue weighted by Crippen LogP contribution is -2.32. The number of aromatic nitrogens is 2. The zero-order valence-electron chi connectivity index (χ0n) is 17.3. The molecular formula is C24H20FN5O2. The standard InChI is InChI=1S/C24H20FN5O2/c1-32-22(31)14-27-16-6-7-20-18(12-16)24(30-11-9-15-13-26-10-8-21(15)30)29-23(28-20)17-4-2-3-5-19(17)25/h2-13,15,21,27H,14H2,1H3. The van der Waals surface area contributed by atoms with Gasteiger partial charge in [-0.05, 0) is 36.4 Å². The second-order valence-corrected chi connectivity index (χ2v) is 7.47. The number of ether oxygens (including phenoxy) is 1. The Morgan fingerprint density at radius 2 is 2.06 bits per heavy atom. The van der Waals surface area contributed by atoms with E-state index in [1.807, 2.05) is 41.6 Å². The summed E-state index contributed by atoms with van der Waals surface area (Å²) in [6, 6.07) is 12.0. The van der Waals surface area contributed by atoms with Gasteiger partial charge in [0.25, 0.3) is 0 Å². The number of carbonyl (C=O) groups is 1. The van der Waals surface area contributed by atoms with Crippen molar-refractivity contribution in [2.45, 2.75) is 6.04 Å². The van der Waals surface area contributed by atoms with Crippen molar-refractivity contribution >= 4 is 34.6 Å². The van der Waals surface area contributed by atoms with E-state index >= 15 is 0 Å². The van der Waals surface area contributed by atoms with Gasteiger partial charge in [0.2, 0.25) is 0 Å². The van der Waals surface area contributed by atoms with E-state index in [4.69, 9.17) is 9.72 Å². The Balaban J connectivity index is 1.64. The van der Waals surface area contributed by atoms with Gasteiger partial charge in [0, 0.05) is 35.6 Å². The van der Waals surface area contributed by atoms with Gasteiger partial charge in [-0.2, -0.15) is 0 Å². The molecule has 32 heavy (non-hydrogen) atoms. The van der Waals surface area contributed by atoms with E-state index in [1.165, 1.54) is 13.2 Å². The number of fused-ring (bicyclic) bond motifs is 2. The van der Waals surface area contributed by atoms with Gasteiger partial charge in [0.1, 0.15) is 18.2 Å². The topological polar surface area (TPSA) is 79.7 Å². The van der Waals surface area contributed by atoms with Gasteiger partial charge in [-0.25, -0.2) is 14.4 Å². The second-order valence-electron chi connectivity index (χ2n) is 7.47. The Morgan fingerprint density at radius 3 is 2.91 bits per heavy atom. The van der Waals surface area contributed by atoms with Crippen LogP contribution in [-0.2, 0) is 9.53 Å². The number of nitrogens with zero attached hydrogens (tertiary/aromatic N) is 4. The van der Waals surface area contributed by atoms with E-state index in [9.17, 15) is 9.18 Å². The predicted molar refractivity (Wildman–Crippen MR) is 122 cm³/mol. The molecule has 2 unspecified atom stereocenters. The minimum Gasteiger partial charge on any atom is -0.468 e. The fourth-order valence-electron chi connectivity index (χ4n) is 3.88. The first kappa shape index (κ1) is 19.9. The normalized spacial score (nSPS) is 18.8.